The summed E-state index contributed by atoms with van der Waals surface area (Å²) in [7, 11) is 2.12. The van der Waals surface area contributed by atoms with Gasteiger partial charge in [-0.05, 0) is 23.8 Å². The number of nitrogens with one attached hydrogen (secondary N) is 3. The van der Waals surface area contributed by atoms with Crippen LogP contribution in [-0.2, 0) is 0 Å². The van der Waals surface area contributed by atoms with Crippen molar-refractivity contribution in [3.63, 3.8) is 0 Å². The monoisotopic (exact) mass is 278 g/mol. The van der Waals surface area contributed by atoms with Gasteiger partial charge in [-0.2, -0.15) is 0 Å². The zero-order valence-electron chi connectivity index (χ0n) is 11.9. The molecule has 2 heterocycles. The fourth-order valence-corrected chi connectivity index (χ4v) is 3.03. The molecule has 0 amide bonds. The van der Waals surface area contributed by atoms with E-state index in [0.717, 1.165) is 5.70 Å². The molecular weight excluding hydrogens is 260 g/mol. The summed E-state index contributed by atoms with van der Waals surface area (Å²) >= 11 is 0. The van der Waals surface area contributed by atoms with Crippen molar-refractivity contribution in [3.8, 4) is 0 Å². The summed E-state index contributed by atoms with van der Waals surface area (Å²) in [5, 5.41) is 3.61. The van der Waals surface area contributed by atoms with E-state index in [-0.39, 0.29) is 12.2 Å². The molecule has 2 unspecified atom stereocenters. The van der Waals surface area contributed by atoms with E-state index in [1.807, 2.05) is 6.07 Å². The van der Waals surface area contributed by atoms with Crippen LogP contribution in [0.4, 0.5) is 11.4 Å². The van der Waals surface area contributed by atoms with Crippen LogP contribution >= 0.6 is 0 Å². The van der Waals surface area contributed by atoms with Crippen molar-refractivity contribution >= 4 is 17.1 Å². The Morgan fingerprint density at radius 1 is 0.952 bits per heavy atom. The molecule has 3 N–H and O–H groups in total. The molecule has 0 aliphatic carbocycles. The highest BCUT2D eigenvalue weighted by molar-refractivity contribution is 5.75. The summed E-state index contributed by atoms with van der Waals surface area (Å²) in [6, 6.07) is 19.0. The number of rotatable bonds is 1. The van der Waals surface area contributed by atoms with Gasteiger partial charge >= 0.3 is 0 Å². The van der Waals surface area contributed by atoms with Gasteiger partial charge in [-0.1, -0.05) is 42.5 Å². The fourth-order valence-electron chi connectivity index (χ4n) is 3.03. The van der Waals surface area contributed by atoms with Gasteiger partial charge in [-0.15, -0.1) is 0 Å². The Kier molecular flexibility index (Phi) is 2.82. The maximum absolute atomic E-state index is 3.61. The summed E-state index contributed by atoms with van der Waals surface area (Å²) in [5.41, 5.74) is 11.4. The summed E-state index contributed by atoms with van der Waals surface area (Å²) < 4.78 is 0. The molecule has 2 atom stereocenters. The molecule has 0 saturated heterocycles. The summed E-state index contributed by atoms with van der Waals surface area (Å²) in [4.78, 5) is 2.27. The molecule has 2 aliphatic rings. The molecule has 4 rings (SSSR count). The normalized spacial score (nSPS) is 23.3. The van der Waals surface area contributed by atoms with Crippen LogP contribution in [0.15, 0.2) is 60.7 Å². The van der Waals surface area contributed by atoms with E-state index in [2.05, 4.69) is 82.7 Å². The van der Waals surface area contributed by atoms with Gasteiger partial charge in [-0.3, -0.25) is 0 Å². The van der Waals surface area contributed by atoms with Gasteiger partial charge < -0.3 is 15.6 Å². The van der Waals surface area contributed by atoms with Crippen molar-refractivity contribution < 1.29 is 0 Å². The zero-order chi connectivity index (χ0) is 14.2. The molecule has 106 valence electrons. The van der Waals surface area contributed by atoms with E-state index in [1.165, 1.54) is 16.9 Å². The van der Waals surface area contributed by atoms with Crippen LogP contribution in [-0.4, -0.2) is 19.3 Å². The Morgan fingerprint density at radius 2 is 1.71 bits per heavy atom. The van der Waals surface area contributed by atoms with E-state index in [1.54, 1.807) is 0 Å². The number of hydrazine groups is 1. The van der Waals surface area contributed by atoms with Crippen molar-refractivity contribution in [3.05, 3.63) is 66.2 Å². The van der Waals surface area contributed by atoms with Gasteiger partial charge in [0.05, 0.1) is 23.1 Å². The van der Waals surface area contributed by atoms with Crippen LogP contribution in [0.1, 0.15) is 5.56 Å². The third-order valence-electron chi connectivity index (χ3n) is 4.15. The van der Waals surface area contributed by atoms with Crippen molar-refractivity contribution in [1.29, 1.82) is 0 Å². The minimum absolute atomic E-state index is 0.187. The largest absolute Gasteiger partial charge is 0.374 e. The lowest BCUT2D eigenvalue weighted by atomic mass is 10.0. The first-order valence-corrected chi connectivity index (χ1v) is 7.20. The molecule has 2 aliphatic heterocycles. The SMILES string of the molecule is CN1c2ccccc2NC2C=C(c3ccccc3)NNC21. The van der Waals surface area contributed by atoms with E-state index in [9.17, 15) is 0 Å². The lowest BCUT2D eigenvalue weighted by Gasteiger charge is -2.44. The molecule has 21 heavy (non-hydrogen) atoms. The minimum Gasteiger partial charge on any atom is -0.374 e. The van der Waals surface area contributed by atoms with Crippen molar-refractivity contribution in [1.82, 2.24) is 10.9 Å². The van der Waals surface area contributed by atoms with Gasteiger partial charge in [0.25, 0.3) is 0 Å². The van der Waals surface area contributed by atoms with Crippen LogP contribution in [0.3, 0.4) is 0 Å². The summed E-state index contributed by atoms with van der Waals surface area (Å²) in [6.07, 6.45) is 2.44. The highest BCUT2D eigenvalue weighted by Crippen LogP contribution is 2.33. The van der Waals surface area contributed by atoms with E-state index in [4.69, 9.17) is 0 Å². The van der Waals surface area contributed by atoms with Crippen LogP contribution in [0.5, 0.6) is 0 Å². The molecule has 0 aromatic heterocycles. The third-order valence-corrected chi connectivity index (χ3v) is 4.15. The van der Waals surface area contributed by atoms with Crippen molar-refractivity contribution in [2.75, 3.05) is 17.3 Å². The maximum Gasteiger partial charge on any atom is 0.120 e. The first-order valence-electron chi connectivity index (χ1n) is 7.20. The fraction of sp³-hybridized carbons (Fsp3) is 0.176. The molecule has 0 fully saturated rings. The number of likely N-dealkylation sites (N-methyl/N-ethyl adjacent to an activating group) is 1. The number of para-hydroxylation sites is 2. The predicted molar refractivity (Wildman–Crippen MR) is 86.7 cm³/mol. The second kappa shape index (κ2) is 4.82. The van der Waals surface area contributed by atoms with Gasteiger partial charge in [0.1, 0.15) is 6.17 Å². The Labute approximate surface area is 124 Å². The number of benzene rings is 2. The average molecular weight is 278 g/mol. The number of anilines is 2. The van der Waals surface area contributed by atoms with Crippen molar-refractivity contribution in [2.45, 2.75) is 12.2 Å². The second-order valence-electron chi connectivity index (χ2n) is 5.46. The van der Waals surface area contributed by atoms with Gasteiger partial charge in [-0.25, -0.2) is 5.43 Å². The number of nitrogens with zero attached hydrogens (tertiary/aromatic N) is 1. The van der Waals surface area contributed by atoms with Crippen LogP contribution in [0, 0.1) is 0 Å². The van der Waals surface area contributed by atoms with E-state index < -0.39 is 0 Å². The smallest absolute Gasteiger partial charge is 0.120 e. The second-order valence-corrected chi connectivity index (χ2v) is 5.46. The Balaban J connectivity index is 1.70. The highest BCUT2D eigenvalue weighted by atomic mass is 15.5. The quantitative estimate of drug-likeness (QED) is 0.749. The molecule has 0 spiro atoms. The summed E-state index contributed by atoms with van der Waals surface area (Å²) in [5.74, 6) is 0. The molecule has 0 bridgehead atoms. The molecule has 0 radical (unpaired) electrons. The third kappa shape index (κ3) is 2.04. The van der Waals surface area contributed by atoms with Gasteiger partial charge in [0.15, 0.2) is 0 Å². The zero-order valence-corrected chi connectivity index (χ0v) is 11.9. The van der Waals surface area contributed by atoms with Crippen LogP contribution in [0.25, 0.3) is 5.70 Å². The lowest BCUT2D eigenvalue weighted by molar-refractivity contribution is 0.428. The Bertz CT molecular complexity index is 680. The first kappa shape index (κ1) is 12.3. The molecule has 0 saturated carbocycles. The maximum atomic E-state index is 3.61. The lowest BCUT2D eigenvalue weighted by Crippen LogP contribution is -2.62. The number of hydrogen-bond acceptors (Lipinski definition) is 4. The molecular formula is C17H18N4. The van der Waals surface area contributed by atoms with Crippen LogP contribution < -0.4 is 21.1 Å². The van der Waals surface area contributed by atoms with Gasteiger partial charge in [0.2, 0.25) is 0 Å². The topological polar surface area (TPSA) is 39.3 Å². The number of fused-ring (bicyclic) bond motifs is 2. The first-order chi connectivity index (χ1) is 10.3. The molecule has 4 nitrogen and oxygen atoms in total. The molecule has 2 aromatic carbocycles. The Hall–Kier alpha value is -2.46. The molecule has 2 aromatic rings. The summed E-state index contributed by atoms with van der Waals surface area (Å²) in [6.45, 7) is 0. The average Bonchev–Trinajstić information content (AvgIpc) is 2.55. The van der Waals surface area contributed by atoms with E-state index >= 15 is 0 Å². The van der Waals surface area contributed by atoms with E-state index in [0.29, 0.717) is 0 Å². The van der Waals surface area contributed by atoms with Crippen LogP contribution in [0.2, 0.25) is 0 Å². The van der Waals surface area contributed by atoms with Crippen molar-refractivity contribution in [2.24, 2.45) is 0 Å². The molecule has 4 heteroatoms. The minimum atomic E-state index is 0.187. The van der Waals surface area contributed by atoms with Gasteiger partial charge in [0, 0.05) is 7.05 Å². The highest BCUT2D eigenvalue weighted by Gasteiger charge is 2.33. The number of hydrogen-bond donors (Lipinski definition) is 3. The Morgan fingerprint density at radius 3 is 2.57 bits per heavy atom. The predicted octanol–water partition coefficient (Wildman–Crippen LogP) is 2.39. The standard InChI is InChI=1S/C17H18N4/c1-21-16-10-6-5-9-13(16)18-15-11-14(19-20-17(15)21)12-7-3-2-4-8-12/h2-11,15,17-20H,1H3.